The van der Waals surface area contributed by atoms with E-state index >= 15 is 0 Å². The van der Waals surface area contributed by atoms with Crippen LogP contribution in [0.2, 0.25) is 0 Å². The lowest BCUT2D eigenvalue weighted by Gasteiger charge is -2.33. The smallest absolute Gasteiger partial charge is 0.146 e. The molecule has 0 aliphatic heterocycles. The van der Waals surface area contributed by atoms with Gasteiger partial charge < -0.3 is 10.2 Å². The predicted octanol–water partition coefficient (Wildman–Crippen LogP) is 7.18. The number of aromatic nitrogens is 6. The summed E-state index contributed by atoms with van der Waals surface area (Å²) in [7, 11) is 0. The first kappa shape index (κ1) is 27.4. The summed E-state index contributed by atoms with van der Waals surface area (Å²) in [5, 5.41) is 41.7. The maximum atomic E-state index is 11.7. The molecule has 6 rings (SSSR count). The Bertz CT molecular complexity index is 1880. The van der Waals surface area contributed by atoms with Crippen molar-refractivity contribution in [1.29, 1.82) is 0 Å². The Morgan fingerprint density at radius 3 is 1.50 bits per heavy atom. The van der Waals surface area contributed by atoms with Gasteiger partial charge in [-0.3, -0.25) is 0 Å². The van der Waals surface area contributed by atoms with Crippen molar-refractivity contribution >= 4 is 22.1 Å². The first-order valence-corrected chi connectivity index (χ1v) is 14.2. The van der Waals surface area contributed by atoms with E-state index in [9.17, 15) is 10.2 Å². The molecule has 0 fully saturated rings. The minimum atomic E-state index is -0.207. The maximum Gasteiger partial charge on any atom is 0.146 e. The third kappa shape index (κ3) is 5.20. The molecule has 2 N–H and O–H groups in total. The Hall–Kier alpha value is -4.72. The zero-order valence-electron chi connectivity index (χ0n) is 24.9. The SMILES string of the molecule is Cc1cc(Cc2cc(C(C)(C)CC(C)(C)C)cc(-n3nc4ccccc4n3)c2O)c(O)c(-n2nc3ccccc3n2)c1. The summed E-state index contributed by atoms with van der Waals surface area (Å²) in [5.41, 5.74) is 7.22. The molecular weight excluding hydrogens is 524 g/mol. The molecule has 2 heterocycles. The molecule has 0 unspecified atom stereocenters. The molecule has 8 nitrogen and oxygen atoms in total. The molecule has 0 spiro atoms. The summed E-state index contributed by atoms with van der Waals surface area (Å²) in [4.78, 5) is 2.99. The summed E-state index contributed by atoms with van der Waals surface area (Å²) < 4.78 is 0. The van der Waals surface area contributed by atoms with Gasteiger partial charge in [-0.15, -0.1) is 30.0 Å². The molecule has 0 aliphatic carbocycles. The number of hydrogen-bond acceptors (Lipinski definition) is 6. The van der Waals surface area contributed by atoms with E-state index in [1.807, 2.05) is 73.7 Å². The standard InChI is InChI=1S/C34H36N6O2/c1-21-15-22(31(41)29(16-21)39-35-25-11-7-8-12-26(25)36-39)17-23-18-24(34(5,6)20-33(2,3)4)19-30(32(23)42)40-37-27-13-9-10-14-28(27)38-40/h7-16,18-19,41-42H,17,20H2,1-6H3. The van der Waals surface area contributed by atoms with Crippen LogP contribution in [0.3, 0.4) is 0 Å². The van der Waals surface area contributed by atoms with Gasteiger partial charge >= 0.3 is 0 Å². The largest absolute Gasteiger partial charge is 0.505 e. The minimum Gasteiger partial charge on any atom is -0.505 e. The Labute approximate surface area is 245 Å². The van der Waals surface area contributed by atoms with Crippen molar-refractivity contribution in [3.8, 4) is 22.9 Å². The van der Waals surface area contributed by atoms with E-state index in [4.69, 9.17) is 0 Å². The van der Waals surface area contributed by atoms with Crippen molar-refractivity contribution < 1.29 is 10.2 Å². The van der Waals surface area contributed by atoms with Gasteiger partial charge in [-0.25, -0.2) is 0 Å². The highest BCUT2D eigenvalue weighted by atomic mass is 16.3. The van der Waals surface area contributed by atoms with Crippen molar-refractivity contribution in [3.63, 3.8) is 0 Å². The first-order chi connectivity index (χ1) is 19.9. The number of phenolic OH excluding ortho intramolecular Hbond substituents is 2. The molecule has 42 heavy (non-hydrogen) atoms. The maximum absolute atomic E-state index is 11.7. The Morgan fingerprint density at radius 1 is 0.619 bits per heavy atom. The zero-order chi connectivity index (χ0) is 29.8. The van der Waals surface area contributed by atoms with Crippen LogP contribution in [0.15, 0.2) is 72.8 Å². The molecule has 214 valence electrons. The molecule has 0 aliphatic rings. The lowest BCUT2D eigenvalue weighted by atomic mass is 9.72. The molecule has 4 aromatic carbocycles. The number of phenols is 2. The van der Waals surface area contributed by atoms with E-state index in [1.165, 1.54) is 9.59 Å². The Balaban J connectivity index is 1.49. The monoisotopic (exact) mass is 560 g/mol. The molecule has 8 heteroatoms. The third-order valence-corrected chi connectivity index (χ3v) is 7.62. The molecule has 0 radical (unpaired) electrons. The lowest BCUT2D eigenvalue weighted by molar-refractivity contribution is 0.284. The predicted molar refractivity (Wildman–Crippen MR) is 166 cm³/mol. The highest BCUT2D eigenvalue weighted by Crippen LogP contribution is 2.41. The van der Waals surface area contributed by atoms with Crippen LogP contribution in [0.5, 0.6) is 11.5 Å². The number of nitrogens with zero attached hydrogens (tertiary/aromatic N) is 6. The summed E-state index contributed by atoms with van der Waals surface area (Å²) >= 11 is 0. The van der Waals surface area contributed by atoms with E-state index in [2.05, 4.69) is 61.1 Å². The molecule has 2 aromatic heterocycles. The molecule has 0 saturated carbocycles. The van der Waals surface area contributed by atoms with E-state index in [1.54, 1.807) is 0 Å². The van der Waals surface area contributed by atoms with Crippen LogP contribution < -0.4 is 0 Å². The van der Waals surface area contributed by atoms with E-state index in [0.717, 1.165) is 39.6 Å². The van der Waals surface area contributed by atoms with Crippen LogP contribution in [0.4, 0.5) is 0 Å². The van der Waals surface area contributed by atoms with Gasteiger partial charge in [0.2, 0.25) is 0 Å². The Kier molecular flexibility index (Phi) is 6.52. The fourth-order valence-electron chi connectivity index (χ4n) is 6.04. The third-order valence-electron chi connectivity index (χ3n) is 7.62. The van der Waals surface area contributed by atoms with E-state index in [0.29, 0.717) is 28.9 Å². The van der Waals surface area contributed by atoms with Gasteiger partial charge in [-0.1, -0.05) is 71.0 Å². The first-order valence-electron chi connectivity index (χ1n) is 14.2. The molecule has 0 amide bonds. The summed E-state index contributed by atoms with van der Waals surface area (Å²) in [5.74, 6) is 0.153. The van der Waals surface area contributed by atoms with Gasteiger partial charge in [-0.05, 0) is 71.7 Å². The quantitative estimate of drug-likeness (QED) is 0.224. The highest BCUT2D eigenvalue weighted by molar-refractivity contribution is 5.75. The summed E-state index contributed by atoms with van der Waals surface area (Å²) in [6.07, 6.45) is 1.22. The van der Waals surface area contributed by atoms with Crippen LogP contribution in [-0.2, 0) is 11.8 Å². The lowest BCUT2D eigenvalue weighted by Crippen LogP contribution is -2.25. The van der Waals surface area contributed by atoms with Crippen molar-refractivity contribution in [1.82, 2.24) is 30.0 Å². The minimum absolute atomic E-state index is 0.0733. The highest BCUT2D eigenvalue weighted by Gasteiger charge is 2.30. The second kappa shape index (κ2) is 9.98. The zero-order valence-corrected chi connectivity index (χ0v) is 24.9. The number of rotatable bonds is 6. The molecule has 0 bridgehead atoms. The van der Waals surface area contributed by atoms with Gasteiger partial charge in [0, 0.05) is 17.5 Å². The fraction of sp³-hybridized carbons (Fsp3) is 0.294. The number of aromatic hydroxyl groups is 2. The van der Waals surface area contributed by atoms with Crippen molar-refractivity contribution in [2.24, 2.45) is 5.41 Å². The number of fused-ring (bicyclic) bond motifs is 2. The summed E-state index contributed by atoms with van der Waals surface area (Å²) in [6.45, 7) is 13.1. The number of benzene rings is 4. The van der Waals surface area contributed by atoms with Crippen molar-refractivity contribution in [3.05, 3.63) is 95.1 Å². The van der Waals surface area contributed by atoms with Gasteiger partial charge in [-0.2, -0.15) is 0 Å². The van der Waals surface area contributed by atoms with Crippen LogP contribution in [-0.4, -0.2) is 40.2 Å². The molecule has 6 aromatic rings. The number of hydrogen-bond donors (Lipinski definition) is 2. The van der Waals surface area contributed by atoms with Gasteiger partial charge in [0.1, 0.15) is 44.9 Å². The van der Waals surface area contributed by atoms with Gasteiger partial charge in [0.25, 0.3) is 0 Å². The molecule has 0 saturated heterocycles. The topological polar surface area (TPSA) is 102 Å². The van der Waals surface area contributed by atoms with Gasteiger partial charge in [0.15, 0.2) is 0 Å². The molecule has 0 atom stereocenters. The second-order valence-electron chi connectivity index (χ2n) is 13.0. The Morgan fingerprint density at radius 2 is 1.05 bits per heavy atom. The van der Waals surface area contributed by atoms with Crippen LogP contribution in [0.1, 0.15) is 63.3 Å². The van der Waals surface area contributed by atoms with Crippen molar-refractivity contribution in [2.75, 3.05) is 0 Å². The average molecular weight is 561 g/mol. The fourth-order valence-corrected chi connectivity index (χ4v) is 6.04. The van der Waals surface area contributed by atoms with E-state index < -0.39 is 0 Å². The normalized spacial score (nSPS) is 12.4. The van der Waals surface area contributed by atoms with E-state index in [-0.39, 0.29) is 22.3 Å². The summed E-state index contributed by atoms with van der Waals surface area (Å²) in [6, 6.07) is 23.1. The van der Waals surface area contributed by atoms with Crippen LogP contribution >= 0.6 is 0 Å². The average Bonchev–Trinajstić information content (AvgIpc) is 3.54. The number of aryl methyl sites for hydroxylation is 1. The second-order valence-corrected chi connectivity index (χ2v) is 13.0. The van der Waals surface area contributed by atoms with Gasteiger partial charge in [0.05, 0.1) is 0 Å². The van der Waals surface area contributed by atoms with Crippen LogP contribution in [0.25, 0.3) is 33.4 Å². The van der Waals surface area contributed by atoms with Crippen LogP contribution in [0, 0.1) is 12.3 Å². The van der Waals surface area contributed by atoms with Crippen molar-refractivity contribution in [2.45, 2.75) is 59.8 Å². The molecular formula is C34H36N6O2.